The van der Waals surface area contributed by atoms with Gasteiger partial charge in [0.05, 0.1) is 4.92 Å². The average molecular weight is 294 g/mol. The van der Waals surface area contributed by atoms with Crippen LogP contribution in [0.3, 0.4) is 0 Å². The molecule has 7 heteroatoms. The lowest BCUT2D eigenvalue weighted by atomic mass is 9.99. The lowest BCUT2D eigenvalue weighted by Gasteiger charge is -2.15. The van der Waals surface area contributed by atoms with Crippen LogP contribution in [0.4, 0.5) is 11.5 Å². The number of nitrogens with zero attached hydrogens (tertiary/aromatic N) is 2. The molecule has 0 bridgehead atoms. The summed E-state index contributed by atoms with van der Waals surface area (Å²) in [6.07, 6.45) is 5.22. The zero-order valence-electron chi connectivity index (χ0n) is 12.5. The van der Waals surface area contributed by atoms with Gasteiger partial charge in [0, 0.05) is 6.54 Å². The maximum Gasteiger partial charge on any atom is 0.300 e. The third kappa shape index (κ3) is 5.02. The van der Waals surface area contributed by atoms with Crippen LogP contribution in [-0.4, -0.2) is 22.4 Å². The minimum Gasteiger partial charge on any atom is -0.384 e. The smallest absolute Gasteiger partial charge is 0.300 e. The summed E-state index contributed by atoms with van der Waals surface area (Å²) in [7, 11) is 0. The van der Waals surface area contributed by atoms with Crippen LogP contribution in [0.25, 0.3) is 0 Å². The average Bonchev–Trinajstić information content (AvgIpc) is 2.46. The predicted octanol–water partition coefficient (Wildman–Crippen LogP) is 2.52. The van der Waals surface area contributed by atoms with Crippen molar-refractivity contribution in [1.29, 1.82) is 0 Å². The van der Waals surface area contributed by atoms with E-state index in [1.165, 1.54) is 6.07 Å². The number of amides is 1. The second-order valence-corrected chi connectivity index (χ2v) is 5.01. The topological polar surface area (TPSA) is 111 Å². The molecule has 1 rings (SSSR count). The van der Waals surface area contributed by atoms with E-state index in [4.69, 9.17) is 5.73 Å². The van der Waals surface area contributed by atoms with Crippen LogP contribution in [0, 0.1) is 16.0 Å². The van der Waals surface area contributed by atoms with Gasteiger partial charge in [0.1, 0.15) is 17.6 Å². The van der Waals surface area contributed by atoms with Gasteiger partial charge in [-0.3, -0.25) is 14.9 Å². The normalized spacial score (nSPS) is 11.9. The first kappa shape index (κ1) is 16.9. The minimum atomic E-state index is -0.629. The first-order chi connectivity index (χ1) is 9.99. The molecule has 21 heavy (non-hydrogen) atoms. The number of rotatable bonds is 8. The van der Waals surface area contributed by atoms with Crippen LogP contribution >= 0.6 is 0 Å². The fourth-order valence-corrected chi connectivity index (χ4v) is 2.07. The van der Waals surface area contributed by atoms with Gasteiger partial charge in [0.25, 0.3) is 11.6 Å². The van der Waals surface area contributed by atoms with Gasteiger partial charge in [-0.1, -0.05) is 33.1 Å². The molecule has 1 unspecified atom stereocenters. The number of unbranched alkanes of at least 4 members (excludes halogenated alkanes) is 1. The highest BCUT2D eigenvalue weighted by molar-refractivity contribution is 5.98. The first-order valence-electron chi connectivity index (χ1n) is 7.17. The molecule has 0 radical (unpaired) electrons. The molecule has 1 aromatic heterocycles. The van der Waals surface area contributed by atoms with Crippen molar-refractivity contribution in [1.82, 2.24) is 10.3 Å². The third-order valence-electron chi connectivity index (χ3n) is 3.44. The van der Waals surface area contributed by atoms with Gasteiger partial charge in [-0.25, -0.2) is 4.98 Å². The van der Waals surface area contributed by atoms with Crippen LogP contribution in [0.1, 0.15) is 49.9 Å². The summed E-state index contributed by atoms with van der Waals surface area (Å²) in [4.78, 5) is 26.1. The van der Waals surface area contributed by atoms with Crippen LogP contribution in [0.15, 0.2) is 12.3 Å². The molecule has 1 aromatic rings. The molecule has 1 heterocycles. The maximum atomic E-state index is 12.1. The number of hydrogen-bond donors (Lipinski definition) is 2. The molecular formula is C14H22N4O3. The Balaban J connectivity index is 2.75. The second-order valence-electron chi connectivity index (χ2n) is 5.01. The van der Waals surface area contributed by atoms with Crippen molar-refractivity contribution in [2.75, 3.05) is 12.3 Å². The fraction of sp³-hybridized carbons (Fsp3) is 0.571. The molecule has 0 saturated carbocycles. The summed E-state index contributed by atoms with van der Waals surface area (Å²) < 4.78 is 0. The molecule has 7 nitrogen and oxygen atoms in total. The number of hydrogen-bond acceptors (Lipinski definition) is 5. The van der Waals surface area contributed by atoms with E-state index in [1.807, 2.05) is 0 Å². The first-order valence-corrected chi connectivity index (χ1v) is 7.17. The zero-order chi connectivity index (χ0) is 15.8. The predicted molar refractivity (Wildman–Crippen MR) is 80.9 cm³/mol. The van der Waals surface area contributed by atoms with Gasteiger partial charge in [0.15, 0.2) is 0 Å². The molecule has 1 amide bonds. The summed E-state index contributed by atoms with van der Waals surface area (Å²) in [6, 6.07) is 1.24. The molecule has 0 saturated heterocycles. The van der Waals surface area contributed by atoms with E-state index in [2.05, 4.69) is 24.1 Å². The number of pyridine rings is 1. The van der Waals surface area contributed by atoms with Crippen LogP contribution in [-0.2, 0) is 0 Å². The molecule has 1 atom stereocenters. The van der Waals surface area contributed by atoms with Crippen molar-refractivity contribution in [2.24, 2.45) is 5.92 Å². The maximum absolute atomic E-state index is 12.1. The Labute approximate surface area is 124 Å². The van der Waals surface area contributed by atoms with Crippen molar-refractivity contribution in [2.45, 2.75) is 39.5 Å². The highest BCUT2D eigenvalue weighted by atomic mass is 16.6. The fourth-order valence-electron chi connectivity index (χ4n) is 2.07. The second kappa shape index (κ2) is 8.18. The van der Waals surface area contributed by atoms with Gasteiger partial charge >= 0.3 is 0 Å². The molecule has 0 aliphatic heterocycles. The highest BCUT2D eigenvalue weighted by Crippen LogP contribution is 2.19. The van der Waals surface area contributed by atoms with E-state index in [-0.39, 0.29) is 17.1 Å². The minimum absolute atomic E-state index is 0.0437. The molecule has 3 N–H and O–H groups in total. The number of nitrogen functional groups attached to an aromatic ring is 1. The Bertz CT molecular complexity index is 505. The van der Waals surface area contributed by atoms with Crippen LogP contribution in [0.5, 0.6) is 0 Å². The van der Waals surface area contributed by atoms with E-state index < -0.39 is 10.8 Å². The van der Waals surface area contributed by atoms with E-state index in [1.54, 1.807) is 0 Å². The van der Waals surface area contributed by atoms with Crippen molar-refractivity contribution in [3.8, 4) is 0 Å². The number of nitrogens with one attached hydrogen (secondary N) is 1. The molecule has 0 aliphatic rings. The molecule has 0 aromatic carbocycles. The monoisotopic (exact) mass is 294 g/mol. The summed E-state index contributed by atoms with van der Waals surface area (Å²) in [5, 5.41) is 13.7. The Kier molecular flexibility index (Phi) is 6.58. The quantitative estimate of drug-likeness (QED) is 0.565. The van der Waals surface area contributed by atoms with Crippen molar-refractivity contribution < 1.29 is 9.72 Å². The number of nitrogens with two attached hydrogens (primary N) is 1. The Morgan fingerprint density at radius 1 is 1.52 bits per heavy atom. The lowest BCUT2D eigenvalue weighted by molar-refractivity contribution is -0.385. The van der Waals surface area contributed by atoms with Gasteiger partial charge in [-0.05, 0) is 18.4 Å². The van der Waals surface area contributed by atoms with Crippen LogP contribution < -0.4 is 11.1 Å². The van der Waals surface area contributed by atoms with E-state index in [9.17, 15) is 14.9 Å². The molecule has 0 aliphatic carbocycles. The summed E-state index contributed by atoms with van der Waals surface area (Å²) in [6.45, 7) is 4.70. The van der Waals surface area contributed by atoms with E-state index in [0.717, 1.165) is 31.9 Å². The summed E-state index contributed by atoms with van der Waals surface area (Å²) >= 11 is 0. The highest BCUT2D eigenvalue weighted by Gasteiger charge is 2.21. The molecule has 0 spiro atoms. The zero-order valence-corrected chi connectivity index (χ0v) is 12.5. The largest absolute Gasteiger partial charge is 0.384 e. The standard InChI is InChI=1S/C14H22N4O3/c1-3-5-6-10(4-2)8-17-14(19)11-7-13(15)16-9-12(11)18(20)21/h7,9-10H,3-6,8H2,1-2H3,(H2,15,16)(H,17,19). The van der Waals surface area contributed by atoms with Crippen molar-refractivity contribution in [3.63, 3.8) is 0 Å². The molecule has 0 fully saturated rings. The molecule has 116 valence electrons. The summed E-state index contributed by atoms with van der Waals surface area (Å²) in [5.74, 6) is -0.0123. The Hall–Kier alpha value is -2.18. The number of anilines is 1. The van der Waals surface area contributed by atoms with E-state index >= 15 is 0 Å². The number of aromatic nitrogens is 1. The number of nitro groups is 1. The lowest BCUT2D eigenvalue weighted by Crippen LogP contribution is -2.29. The van der Waals surface area contributed by atoms with Crippen LogP contribution in [0.2, 0.25) is 0 Å². The van der Waals surface area contributed by atoms with Gasteiger partial charge in [-0.2, -0.15) is 0 Å². The third-order valence-corrected chi connectivity index (χ3v) is 3.44. The summed E-state index contributed by atoms with van der Waals surface area (Å²) in [5.41, 5.74) is 5.13. The SMILES string of the molecule is CCCCC(CC)CNC(=O)c1cc(N)ncc1[N+](=O)[O-]. The Morgan fingerprint density at radius 2 is 2.24 bits per heavy atom. The number of carbonyl (C=O) groups excluding carboxylic acids is 1. The number of carbonyl (C=O) groups is 1. The van der Waals surface area contributed by atoms with Crippen molar-refractivity contribution in [3.05, 3.63) is 27.9 Å². The molecular weight excluding hydrogens is 272 g/mol. The Morgan fingerprint density at radius 3 is 2.81 bits per heavy atom. The van der Waals surface area contributed by atoms with Gasteiger partial charge in [-0.15, -0.1) is 0 Å². The van der Waals surface area contributed by atoms with Crippen molar-refractivity contribution >= 4 is 17.4 Å². The van der Waals surface area contributed by atoms with Gasteiger partial charge in [0.2, 0.25) is 0 Å². The van der Waals surface area contributed by atoms with Gasteiger partial charge < -0.3 is 11.1 Å². The van der Waals surface area contributed by atoms with E-state index in [0.29, 0.717) is 12.5 Å².